The van der Waals surface area contributed by atoms with E-state index in [1.54, 1.807) is 18.4 Å². The number of methoxy groups -OCH3 is 1. The number of hydrogen-bond acceptors (Lipinski definition) is 4. The van der Waals surface area contributed by atoms with E-state index in [1.807, 2.05) is 17.4 Å². The Labute approximate surface area is 129 Å². The van der Waals surface area contributed by atoms with E-state index in [4.69, 9.17) is 4.74 Å². The van der Waals surface area contributed by atoms with Crippen LogP contribution in [0.5, 0.6) is 5.75 Å². The van der Waals surface area contributed by atoms with Gasteiger partial charge in [-0.1, -0.05) is 27.7 Å². The highest BCUT2D eigenvalue weighted by Gasteiger charge is 2.23. The number of thiophene rings is 2. The van der Waals surface area contributed by atoms with E-state index in [0.717, 1.165) is 12.3 Å². The van der Waals surface area contributed by atoms with Gasteiger partial charge in [0.05, 0.1) is 18.0 Å². The summed E-state index contributed by atoms with van der Waals surface area (Å²) in [7, 11) is 1.74. The zero-order valence-electron chi connectivity index (χ0n) is 12.8. The molecule has 0 saturated carbocycles. The maximum atomic E-state index is 5.48. The predicted octanol–water partition coefficient (Wildman–Crippen LogP) is 4.81. The van der Waals surface area contributed by atoms with E-state index in [0.29, 0.717) is 0 Å². The van der Waals surface area contributed by atoms with Crippen molar-refractivity contribution in [3.8, 4) is 5.75 Å². The molecule has 2 heterocycles. The Kier molecular flexibility index (Phi) is 4.89. The highest BCUT2D eigenvalue weighted by Crippen LogP contribution is 2.39. The van der Waals surface area contributed by atoms with Gasteiger partial charge in [0.1, 0.15) is 5.75 Å². The fourth-order valence-electron chi connectivity index (χ4n) is 2.13. The molecule has 0 bridgehead atoms. The lowest BCUT2D eigenvalue weighted by Crippen LogP contribution is -2.20. The van der Waals surface area contributed by atoms with Gasteiger partial charge in [-0.3, -0.25) is 0 Å². The molecule has 0 aliphatic rings. The van der Waals surface area contributed by atoms with E-state index >= 15 is 0 Å². The average molecular weight is 310 g/mol. The van der Waals surface area contributed by atoms with Gasteiger partial charge in [0.25, 0.3) is 0 Å². The van der Waals surface area contributed by atoms with Gasteiger partial charge in [0.2, 0.25) is 0 Å². The largest absolute Gasteiger partial charge is 0.496 e. The molecule has 1 unspecified atom stereocenters. The third kappa shape index (κ3) is 3.25. The van der Waals surface area contributed by atoms with Crippen LogP contribution in [0.3, 0.4) is 0 Å². The third-order valence-electron chi connectivity index (χ3n) is 3.20. The molecule has 0 aromatic carbocycles. The first-order valence-electron chi connectivity index (χ1n) is 6.92. The van der Waals surface area contributed by atoms with Crippen LogP contribution < -0.4 is 10.1 Å². The topological polar surface area (TPSA) is 21.3 Å². The first-order chi connectivity index (χ1) is 9.47. The SMILES string of the molecule is CCNC(c1ccc(C(C)(C)C)s1)c1sccc1OC. The van der Waals surface area contributed by atoms with Crippen LogP contribution in [0.25, 0.3) is 0 Å². The lowest BCUT2D eigenvalue weighted by Gasteiger charge is -2.18. The van der Waals surface area contributed by atoms with Crippen LogP contribution in [0, 0.1) is 0 Å². The summed E-state index contributed by atoms with van der Waals surface area (Å²) in [4.78, 5) is 4.04. The Morgan fingerprint density at radius 2 is 2.00 bits per heavy atom. The summed E-state index contributed by atoms with van der Waals surface area (Å²) in [5.74, 6) is 0.978. The fourth-order valence-corrected chi connectivity index (χ4v) is 4.30. The van der Waals surface area contributed by atoms with Crippen molar-refractivity contribution >= 4 is 22.7 Å². The molecule has 4 heteroatoms. The summed E-state index contributed by atoms with van der Waals surface area (Å²) in [6.45, 7) is 9.86. The van der Waals surface area contributed by atoms with E-state index in [1.165, 1.54) is 14.6 Å². The summed E-state index contributed by atoms with van der Waals surface area (Å²) in [6, 6.07) is 6.78. The van der Waals surface area contributed by atoms with Gasteiger partial charge in [-0.25, -0.2) is 0 Å². The molecule has 110 valence electrons. The van der Waals surface area contributed by atoms with Gasteiger partial charge in [-0.15, -0.1) is 22.7 Å². The Morgan fingerprint density at radius 1 is 1.25 bits per heavy atom. The third-order valence-corrected chi connectivity index (χ3v) is 5.74. The van der Waals surface area contributed by atoms with Crippen molar-refractivity contribution < 1.29 is 4.74 Å². The van der Waals surface area contributed by atoms with E-state index < -0.39 is 0 Å². The van der Waals surface area contributed by atoms with Crippen LogP contribution in [-0.4, -0.2) is 13.7 Å². The number of hydrogen-bond donors (Lipinski definition) is 1. The first-order valence-corrected chi connectivity index (χ1v) is 8.62. The van der Waals surface area contributed by atoms with Crippen LogP contribution in [0.4, 0.5) is 0 Å². The molecule has 0 radical (unpaired) electrons. The summed E-state index contributed by atoms with van der Waals surface area (Å²) in [5, 5.41) is 5.68. The Bertz CT molecular complexity index is 551. The molecule has 0 amide bonds. The van der Waals surface area contributed by atoms with Crippen molar-refractivity contribution in [2.75, 3.05) is 13.7 Å². The molecule has 20 heavy (non-hydrogen) atoms. The average Bonchev–Trinajstić information content (AvgIpc) is 3.04. The second-order valence-electron chi connectivity index (χ2n) is 5.80. The second kappa shape index (κ2) is 6.29. The summed E-state index contributed by atoms with van der Waals surface area (Å²) in [6.07, 6.45) is 0. The smallest absolute Gasteiger partial charge is 0.134 e. The van der Waals surface area contributed by atoms with Gasteiger partial charge < -0.3 is 10.1 Å². The Morgan fingerprint density at radius 3 is 2.55 bits per heavy atom. The summed E-state index contributed by atoms with van der Waals surface area (Å²) >= 11 is 3.65. The van der Waals surface area contributed by atoms with Crippen molar-refractivity contribution in [3.63, 3.8) is 0 Å². The molecule has 0 spiro atoms. The van der Waals surface area contributed by atoms with Crippen molar-refractivity contribution in [3.05, 3.63) is 38.2 Å². The van der Waals surface area contributed by atoms with Crippen LogP contribution in [0.15, 0.2) is 23.6 Å². The lowest BCUT2D eigenvalue weighted by molar-refractivity contribution is 0.408. The lowest BCUT2D eigenvalue weighted by atomic mass is 9.95. The number of rotatable bonds is 5. The maximum absolute atomic E-state index is 5.48. The molecule has 2 rings (SSSR count). The van der Waals surface area contributed by atoms with Gasteiger partial charge in [0.15, 0.2) is 0 Å². The van der Waals surface area contributed by atoms with E-state index in [9.17, 15) is 0 Å². The predicted molar refractivity (Wildman–Crippen MR) is 89.4 cm³/mol. The normalized spacial score (nSPS) is 13.4. The molecular weight excluding hydrogens is 286 g/mol. The number of nitrogens with one attached hydrogen (secondary N) is 1. The molecule has 0 aliphatic heterocycles. The highest BCUT2D eigenvalue weighted by atomic mass is 32.1. The Hall–Kier alpha value is -0.840. The minimum absolute atomic E-state index is 0.208. The molecule has 1 N–H and O–H groups in total. The van der Waals surface area contributed by atoms with Gasteiger partial charge in [0, 0.05) is 9.75 Å². The molecule has 0 aliphatic carbocycles. The molecule has 0 fully saturated rings. The molecule has 2 nitrogen and oxygen atoms in total. The quantitative estimate of drug-likeness (QED) is 0.855. The summed E-state index contributed by atoms with van der Waals surface area (Å²) in [5.41, 5.74) is 0.208. The zero-order valence-corrected chi connectivity index (χ0v) is 14.5. The molecule has 0 saturated heterocycles. The minimum Gasteiger partial charge on any atom is -0.496 e. The molecule has 2 aromatic heterocycles. The van der Waals surface area contributed by atoms with Crippen molar-refractivity contribution in [2.45, 2.75) is 39.2 Å². The second-order valence-corrected chi connectivity index (χ2v) is 7.86. The van der Waals surface area contributed by atoms with Crippen molar-refractivity contribution in [1.82, 2.24) is 5.32 Å². The van der Waals surface area contributed by atoms with Crippen LogP contribution in [-0.2, 0) is 5.41 Å². The van der Waals surface area contributed by atoms with Gasteiger partial charge in [-0.05, 0) is 35.5 Å². The standard InChI is InChI=1S/C16H23NOS2/c1-6-17-14(15-11(18-5)9-10-19-15)12-7-8-13(20-12)16(2,3)4/h7-10,14,17H,6H2,1-5H3. The zero-order chi connectivity index (χ0) is 14.8. The fraction of sp³-hybridized carbons (Fsp3) is 0.500. The summed E-state index contributed by atoms with van der Waals surface area (Å²) < 4.78 is 5.48. The number of ether oxygens (including phenoxy) is 1. The van der Waals surface area contributed by atoms with Gasteiger partial charge >= 0.3 is 0 Å². The Balaban J connectivity index is 2.36. The molecule has 2 aromatic rings. The van der Waals surface area contributed by atoms with E-state index in [2.05, 4.69) is 50.5 Å². The highest BCUT2D eigenvalue weighted by molar-refractivity contribution is 7.13. The molecule has 1 atom stereocenters. The van der Waals surface area contributed by atoms with Crippen LogP contribution in [0.1, 0.15) is 48.4 Å². The van der Waals surface area contributed by atoms with E-state index in [-0.39, 0.29) is 11.5 Å². The van der Waals surface area contributed by atoms with Crippen LogP contribution in [0.2, 0.25) is 0 Å². The van der Waals surface area contributed by atoms with Crippen molar-refractivity contribution in [1.29, 1.82) is 0 Å². The maximum Gasteiger partial charge on any atom is 0.134 e. The van der Waals surface area contributed by atoms with Crippen molar-refractivity contribution in [2.24, 2.45) is 0 Å². The van der Waals surface area contributed by atoms with Crippen LogP contribution >= 0.6 is 22.7 Å². The monoisotopic (exact) mass is 309 g/mol. The molecular formula is C16H23NOS2. The minimum atomic E-state index is 0.208. The first kappa shape index (κ1) is 15.5. The van der Waals surface area contributed by atoms with Gasteiger partial charge in [-0.2, -0.15) is 0 Å².